The van der Waals surface area contributed by atoms with Crippen LogP contribution in [0.2, 0.25) is 0 Å². The summed E-state index contributed by atoms with van der Waals surface area (Å²) in [6.07, 6.45) is 0. The van der Waals surface area contributed by atoms with Gasteiger partial charge in [-0.25, -0.2) is 0 Å². The molecule has 1 aliphatic rings. The van der Waals surface area contributed by atoms with E-state index in [-0.39, 0.29) is 6.04 Å². The first-order chi connectivity index (χ1) is 7.35. The molecule has 0 aromatic heterocycles. The monoisotopic (exact) mass is 227 g/mol. The van der Waals surface area contributed by atoms with Crippen LogP contribution < -0.4 is 14.8 Å². The number of rotatable bonds is 3. The van der Waals surface area contributed by atoms with Crippen molar-refractivity contribution in [1.82, 2.24) is 5.32 Å². The van der Waals surface area contributed by atoms with Crippen LogP contribution in [0.3, 0.4) is 0 Å². The fourth-order valence-corrected chi connectivity index (χ4v) is 1.94. The standard InChI is InChI=1S/C11H14ClNO2/c1-13-9(7-12)8-2-3-10-11(6-8)15-5-4-14-10/h2-3,6,9,13H,4-5,7H2,1H3. The van der Waals surface area contributed by atoms with Gasteiger partial charge in [0.05, 0.1) is 0 Å². The Morgan fingerprint density at radius 1 is 1.33 bits per heavy atom. The van der Waals surface area contributed by atoms with Gasteiger partial charge in [0.2, 0.25) is 0 Å². The highest BCUT2D eigenvalue weighted by molar-refractivity contribution is 6.18. The SMILES string of the molecule is CNC(CCl)c1ccc2c(c1)OCCO2. The van der Waals surface area contributed by atoms with Crippen molar-refractivity contribution in [1.29, 1.82) is 0 Å². The number of benzene rings is 1. The van der Waals surface area contributed by atoms with E-state index in [1.165, 1.54) is 0 Å². The Balaban J connectivity index is 2.27. The van der Waals surface area contributed by atoms with E-state index in [2.05, 4.69) is 5.32 Å². The minimum atomic E-state index is 0.155. The molecule has 1 aromatic carbocycles. The lowest BCUT2D eigenvalue weighted by Gasteiger charge is -2.21. The third-order valence-electron chi connectivity index (χ3n) is 2.47. The molecule has 0 saturated carbocycles. The zero-order valence-electron chi connectivity index (χ0n) is 8.63. The lowest BCUT2D eigenvalue weighted by molar-refractivity contribution is 0.171. The predicted molar refractivity (Wildman–Crippen MR) is 60.0 cm³/mol. The van der Waals surface area contributed by atoms with Crippen LogP contribution >= 0.6 is 11.6 Å². The Morgan fingerprint density at radius 3 is 2.73 bits per heavy atom. The first kappa shape index (κ1) is 10.6. The minimum Gasteiger partial charge on any atom is -0.486 e. The van der Waals surface area contributed by atoms with Gasteiger partial charge in [0.1, 0.15) is 13.2 Å². The van der Waals surface area contributed by atoms with Crippen molar-refractivity contribution in [3.05, 3.63) is 23.8 Å². The maximum absolute atomic E-state index is 5.85. The molecule has 0 fully saturated rings. The molecule has 1 aromatic rings. The summed E-state index contributed by atoms with van der Waals surface area (Å²) in [5, 5.41) is 3.15. The van der Waals surface area contributed by atoms with Crippen molar-refractivity contribution in [3.8, 4) is 11.5 Å². The molecule has 1 aliphatic heterocycles. The van der Waals surface area contributed by atoms with E-state index < -0.39 is 0 Å². The molecular weight excluding hydrogens is 214 g/mol. The molecule has 0 spiro atoms. The van der Waals surface area contributed by atoms with Crippen LogP contribution in [0.4, 0.5) is 0 Å². The molecule has 0 saturated heterocycles. The summed E-state index contributed by atoms with van der Waals surface area (Å²) >= 11 is 5.85. The van der Waals surface area contributed by atoms with E-state index >= 15 is 0 Å². The summed E-state index contributed by atoms with van der Waals surface area (Å²) in [5.41, 5.74) is 1.12. The van der Waals surface area contributed by atoms with E-state index in [1.807, 2.05) is 25.2 Å². The molecule has 15 heavy (non-hydrogen) atoms. The van der Waals surface area contributed by atoms with Crippen molar-refractivity contribution in [2.75, 3.05) is 26.1 Å². The summed E-state index contributed by atoms with van der Waals surface area (Å²) in [6.45, 7) is 1.23. The second kappa shape index (κ2) is 4.73. The van der Waals surface area contributed by atoms with Gasteiger partial charge in [0.25, 0.3) is 0 Å². The second-order valence-electron chi connectivity index (χ2n) is 3.40. The quantitative estimate of drug-likeness (QED) is 0.801. The van der Waals surface area contributed by atoms with Gasteiger partial charge in [0.15, 0.2) is 11.5 Å². The number of nitrogens with one attached hydrogen (secondary N) is 1. The number of hydrogen-bond acceptors (Lipinski definition) is 3. The lowest BCUT2D eigenvalue weighted by Crippen LogP contribution is -2.19. The molecule has 1 heterocycles. The van der Waals surface area contributed by atoms with Crippen LogP contribution in [-0.2, 0) is 0 Å². The van der Waals surface area contributed by atoms with Crippen LogP contribution in [0.1, 0.15) is 11.6 Å². The van der Waals surface area contributed by atoms with E-state index in [9.17, 15) is 0 Å². The number of ether oxygens (including phenoxy) is 2. The average molecular weight is 228 g/mol. The average Bonchev–Trinajstić information content (AvgIpc) is 2.30. The van der Waals surface area contributed by atoms with E-state index in [1.54, 1.807) is 0 Å². The van der Waals surface area contributed by atoms with E-state index in [0.29, 0.717) is 19.1 Å². The molecule has 3 nitrogen and oxygen atoms in total. The topological polar surface area (TPSA) is 30.5 Å². The minimum absolute atomic E-state index is 0.155. The Kier molecular flexibility index (Phi) is 3.34. The third kappa shape index (κ3) is 2.19. The van der Waals surface area contributed by atoms with Crippen molar-refractivity contribution < 1.29 is 9.47 Å². The number of fused-ring (bicyclic) bond motifs is 1. The Bertz CT molecular complexity index is 339. The van der Waals surface area contributed by atoms with Crippen LogP contribution in [0.25, 0.3) is 0 Å². The van der Waals surface area contributed by atoms with Crippen molar-refractivity contribution in [3.63, 3.8) is 0 Å². The van der Waals surface area contributed by atoms with Crippen molar-refractivity contribution >= 4 is 11.6 Å². The van der Waals surface area contributed by atoms with Gasteiger partial charge < -0.3 is 14.8 Å². The van der Waals surface area contributed by atoms with Crippen molar-refractivity contribution in [2.24, 2.45) is 0 Å². The van der Waals surface area contributed by atoms with Crippen LogP contribution in [0, 0.1) is 0 Å². The highest BCUT2D eigenvalue weighted by atomic mass is 35.5. The van der Waals surface area contributed by atoms with E-state index in [4.69, 9.17) is 21.1 Å². The van der Waals surface area contributed by atoms with Gasteiger partial charge >= 0.3 is 0 Å². The van der Waals surface area contributed by atoms with E-state index in [0.717, 1.165) is 17.1 Å². The summed E-state index contributed by atoms with van der Waals surface area (Å²) in [4.78, 5) is 0. The fraction of sp³-hybridized carbons (Fsp3) is 0.455. The normalized spacial score (nSPS) is 16.1. The zero-order chi connectivity index (χ0) is 10.7. The molecule has 1 N–H and O–H groups in total. The van der Waals surface area contributed by atoms with Gasteiger partial charge in [-0.1, -0.05) is 6.07 Å². The fourth-order valence-electron chi connectivity index (χ4n) is 1.61. The molecule has 4 heteroatoms. The molecule has 0 bridgehead atoms. The predicted octanol–water partition coefficient (Wildman–Crippen LogP) is 1.96. The maximum atomic E-state index is 5.85. The Labute approximate surface area is 94.3 Å². The number of hydrogen-bond donors (Lipinski definition) is 1. The lowest BCUT2D eigenvalue weighted by atomic mass is 10.1. The molecule has 1 unspecified atom stereocenters. The third-order valence-corrected chi connectivity index (χ3v) is 2.78. The first-order valence-corrected chi connectivity index (χ1v) is 5.51. The van der Waals surface area contributed by atoms with Gasteiger partial charge in [-0.3, -0.25) is 0 Å². The zero-order valence-corrected chi connectivity index (χ0v) is 9.38. The van der Waals surface area contributed by atoms with Gasteiger partial charge in [-0.2, -0.15) is 0 Å². The smallest absolute Gasteiger partial charge is 0.161 e. The number of halogens is 1. The van der Waals surface area contributed by atoms with Crippen LogP contribution in [-0.4, -0.2) is 26.1 Å². The summed E-state index contributed by atoms with van der Waals surface area (Å²) in [6, 6.07) is 6.08. The molecule has 82 valence electrons. The number of alkyl halides is 1. The summed E-state index contributed by atoms with van der Waals surface area (Å²) < 4.78 is 11.0. The highest BCUT2D eigenvalue weighted by Gasteiger charge is 2.15. The summed E-state index contributed by atoms with van der Waals surface area (Å²) in [5.74, 6) is 2.16. The molecule has 1 atom stereocenters. The van der Waals surface area contributed by atoms with Crippen LogP contribution in [0.15, 0.2) is 18.2 Å². The van der Waals surface area contributed by atoms with Crippen LogP contribution in [0.5, 0.6) is 11.5 Å². The Morgan fingerprint density at radius 2 is 2.07 bits per heavy atom. The molecule has 0 radical (unpaired) electrons. The largest absolute Gasteiger partial charge is 0.486 e. The maximum Gasteiger partial charge on any atom is 0.161 e. The highest BCUT2D eigenvalue weighted by Crippen LogP contribution is 2.32. The van der Waals surface area contributed by atoms with Crippen molar-refractivity contribution in [2.45, 2.75) is 6.04 Å². The van der Waals surface area contributed by atoms with Gasteiger partial charge in [0, 0.05) is 11.9 Å². The summed E-state index contributed by atoms with van der Waals surface area (Å²) in [7, 11) is 1.89. The molecule has 0 aliphatic carbocycles. The molecule has 2 rings (SSSR count). The van der Waals surface area contributed by atoms with Gasteiger partial charge in [-0.05, 0) is 24.7 Å². The van der Waals surface area contributed by atoms with Gasteiger partial charge in [-0.15, -0.1) is 11.6 Å². The molecular formula is C11H14ClNO2. The first-order valence-electron chi connectivity index (χ1n) is 4.98. The molecule has 0 amide bonds. The Hall–Kier alpha value is -0.930. The second-order valence-corrected chi connectivity index (χ2v) is 3.71.